The van der Waals surface area contributed by atoms with E-state index in [9.17, 15) is 10.1 Å². The van der Waals surface area contributed by atoms with Gasteiger partial charge in [-0.15, -0.1) is 0 Å². The van der Waals surface area contributed by atoms with Crippen LogP contribution in [-0.2, 0) is 0 Å². The van der Waals surface area contributed by atoms with Crippen LogP contribution in [0.1, 0.15) is 30.9 Å². The topological polar surface area (TPSA) is 58.4 Å². The molecule has 1 aliphatic heterocycles. The Bertz CT molecular complexity index is 528. The van der Waals surface area contributed by atoms with Gasteiger partial charge in [-0.2, -0.15) is 0 Å². The van der Waals surface area contributed by atoms with E-state index in [1.165, 1.54) is 12.8 Å². The smallest absolute Gasteiger partial charge is 0.283 e. The van der Waals surface area contributed by atoms with Crippen molar-refractivity contribution in [2.24, 2.45) is 5.92 Å². The van der Waals surface area contributed by atoms with E-state index in [1.807, 2.05) is 12.1 Å². The Morgan fingerprint density at radius 3 is 2.71 bits per heavy atom. The molecule has 1 aliphatic carbocycles. The van der Waals surface area contributed by atoms with Crippen molar-refractivity contribution in [1.29, 1.82) is 0 Å². The molecule has 0 spiro atoms. The minimum Gasteiger partial charge on any atom is -0.314 e. The number of hydrogen-bond donors (Lipinski definition) is 1. The number of nitrogens with one attached hydrogen (secondary N) is 1. The van der Waals surface area contributed by atoms with Gasteiger partial charge in [0.2, 0.25) is 0 Å². The normalized spacial score (nSPS) is 21.2. The van der Waals surface area contributed by atoms with Crippen LogP contribution >= 0.6 is 15.9 Å². The summed E-state index contributed by atoms with van der Waals surface area (Å²) in [6.07, 6.45) is 3.74. The summed E-state index contributed by atoms with van der Waals surface area (Å²) in [6, 6.07) is 5.91. The summed E-state index contributed by atoms with van der Waals surface area (Å²) in [4.78, 5) is 13.3. The maximum absolute atomic E-state index is 11.2. The average molecular weight is 354 g/mol. The minimum absolute atomic E-state index is 0.170. The van der Waals surface area contributed by atoms with E-state index in [2.05, 4.69) is 26.1 Å². The van der Waals surface area contributed by atoms with Crippen LogP contribution < -0.4 is 5.32 Å². The summed E-state index contributed by atoms with van der Waals surface area (Å²) in [5.74, 6) is 0.799. The maximum atomic E-state index is 11.2. The fourth-order valence-corrected chi connectivity index (χ4v) is 3.43. The minimum atomic E-state index is -0.306. The molecule has 21 heavy (non-hydrogen) atoms. The molecule has 114 valence electrons. The van der Waals surface area contributed by atoms with Crippen LogP contribution in [-0.4, -0.2) is 36.0 Å². The highest BCUT2D eigenvalue weighted by molar-refractivity contribution is 9.10. The van der Waals surface area contributed by atoms with Gasteiger partial charge in [-0.1, -0.05) is 18.9 Å². The van der Waals surface area contributed by atoms with Gasteiger partial charge in [0.15, 0.2) is 0 Å². The molecule has 1 atom stereocenters. The molecule has 1 heterocycles. The highest BCUT2D eigenvalue weighted by atomic mass is 79.9. The Kier molecular flexibility index (Phi) is 4.57. The van der Waals surface area contributed by atoms with Gasteiger partial charge in [0, 0.05) is 38.3 Å². The molecule has 0 radical (unpaired) electrons. The summed E-state index contributed by atoms with van der Waals surface area (Å²) in [5.41, 5.74) is 1.25. The number of nitrogens with zero attached hydrogens (tertiary/aromatic N) is 2. The summed E-state index contributed by atoms with van der Waals surface area (Å²) in [6.45, 7) is 4.03. The van der Waals surface area contributed by atoms with Gasteiger partial charge in [-0.25, -0.2) is 0 Å². The van der Waals surface area contributed by atoms with E-state index in [0.717, 1.165) is 44.1 Å². The molecule has 0 bridgehead atoms. The molecule has 0 unspecified atom stereocenters. The Morgan fingerprint density at radius 2 is 2.10 bits per heavy atom. The van der Waals surface area contributed by atoms with E-state index in [0.29, 0.717) is 10.5 Å². The SMILES string of the molecule is O=[N+]([O-])c1cc([C@H](CC2CC2)N2CCNCC2)ccc1Br. The zero-order valence-electron chi connectivity index (χ0n) is 11.9. The first-order valence-electron chi connectivity index (χ1n) is 7.54. The Labute approximate surface area is 133 Å². The highest BCUT2D eigenvalue weighted by Gasteiger charge is 2.31. The predicted molar refractivity (Wildman–Crippen MR) is 85.3 cm³/mol. The predicted octanol–water partition coefficient (Wildman–Crippen LogP) is 3.10. The molecule has 6 heteroatoms. The number of hydrogen-bond acceptors (Lipinski definition) is 4. The van der Waals surface area contributed by atoms with Gasteiger partial charge in [-0.05, 0) is 39.9 Å². The number of rotatable bonds is 5. The first kappa shape index (κ1) is 14.9. The maximum Gasteiger partial charge on any atom is 0.283 e. The van der Waals surface area contributed by atoms with E-state index < -0.39 is 0 Å². The molecule has 1 saturated heterocycles. The van der Waals surface area contributed by atoms with Crippen molar-refractivity contribution in [3.8, 4) is 0 Å². The van der Waals surface area contributed by atoms with Gasteiger partial charge in [0.25, 0.3) is 5.69 Å². The third-order valence-corrected chi connectivity index (χ3v) is 5.07. The monoisotopic (exact) mass is 353 g/mol. The molecule has 3 rings (SSSR count). The van der Waals surface area contributed by atoms with Crippen molar-refractivity contribution in [1.82, 2.24) is 10.2 Å². The van der Waals surface area contributed by atoms with E-state index in [4.69, 9.17) is 0 Å². The van der Waals surface area contributed by atoms with Gasteiger partial charge in [0.05, 0.1) is 9.40 Å². The van der Waals surface area contributed by atoms with Crippen molar-refractivity contribution in [3.63, 3.8) is 0 Å². The number of nitro groups is 1. The number of piperazine rings is 1. The van der Waals surface area contributed by atoms with Crippen LogP contribution in [0.3, 0.4) is 0 Å². The second-order valence-corrected chi connectivity index (χ2v) is 6.80. The van der Waals surface area contributed by atoms with Crippen molar-refractivity contribution in [2.75, 3.05) is 26.2 Å². The third kappa shape index (κ3) is 3.62. The summed E-state index contributed by atoms with van der Waals surface area (Å²) in [5, 5.41) is 14.5. The fourth-order valence-electron chi connectivity index (χ4n) is 3.04. The van der Waals surface area contributed by atoms with Gasteiger partial charge < -0.3 is 5.32 Å². The van der Waals surface area contributed by atoms with Crippen molar-refractivity contribution < 1.29 is 4.92 Å². The summed E-state index contributed by atoms with van der Waals surface area (Å²) < 4.78 is 0.557. The molecule has 5 nitrogen and oxygen atoms in total. The van der Waals surface area contributed by atoms with Crippen LogP contribution in [0, 0.1) is 16.0 Å². The molecule has 0 aromatic heterocycles. The Morgan fingerprint density at radius 1 is 1.38 bits per heavy atom. The lowest BCUT2D eigenvalue weighted by molar-refractivity contribution is -0.385. The summed E-state index contributed by atoms with van der Waals surface area (Å²) >= 11 is 3.27. The Hall–Kier alpha value is -0.980. The first-order valence-corrected chi connectivity index (χ1v) is 8.33. The average Bonchev–Trinajstić information content (AvgIpc) is 3.30. The largest absolute Gasteiger partial charge is 0.314 e. The highest BCUT2D eigenvalue weighted by Crippen LogP contribution is 2.41. The second-order valence-electron chi connectivity index (χ2n) is 5.95. The van der Waals surface area contributed by atoms with Crippen molar-refractivity contribution in [3.05, 3.63) is 38.3 Å². The molecule has 2 fully saturated rings. The lowest BCUT2D eigenvalue weighted by Crippen LogP contribution is -2.45. The van der Waals surface area contributed by atoms with Gasteiger partial charge in [0.1, 0.15) is 0 Å². The molecular formula is C15H20BrN3O2. The first-order chi connectivity index (χ1) is 10.1. The summed E-state index contributed by atoms with van der Waals surface area (Å²) in [7, 11) is 0. The number of halogens is 1. The van der Waals surface area contributed by atoms with Gasteiger partial charge in [-0.3, -0.25) is 15.0 Å². The molecule has 1 aromatic rings. The van der Waals surface area contributed by atoms with Crippen LogP contribution in [0.25, 0.3) is 0 Å². The van der Waals surface area contributed by atoms with E-state index in [-0.39, 0.29) is 10.6 Å². The third-order valence-electron chi connectivity index (χ3n) is 4.40. The van der Waals surface area contributed by atoms with Crippen LogP contribution in [0.15, 0.2) is 22.7 Å². The van der Waals surface area contributed by atoms with E-state index >= 15 is 0 Å². The molecule has 1 saturated carbocycles. The van der Waals surface area contributed by atoms with Crippen molar-refractivity contribution >= 4 is 21.6 Å². The van der Waals surface area contributed by atoms with Crippen molar-refractivity contribution in [2.45, 2.75) is 25.3 Å². The van der Waals surface area contributed by atoms with Gasteiger partial charge >= 0.3 is 0 Å². The lowest BCUT2D eigenvalue weighted by Gasteiger charge is -2.35. The zero-order chi connectivity index (χ0) is 14.8. The fraction of sp³-hybridized carbons (Fsp3) is 0.600. The standard InChI is InChI=1S/C15H20BrN3O2/c16-13-4-3-12(10-15(13)19(20)21)14(9-11-1-2-11)18-7-5-17-6-8-18/h3-4,10-11,14,17H,1-2,5-9H2/t14-/m0/s1. The molecule has 0 amide bonds. The van der Waals surface area contributed by atoms with Crippen LogP contribution in [0.2, 0.25) is 0 Å². The lowest BCUT2D eigenvalue weighted by atomic mass is 9.98. The van der Waals surface area contributed by atoms with Crippen LogP contribution in [0.4, 0.5) is 5.69 Å². The molecular weight excluding hydrogens is 334 g/mol. The number of benzene rings is 1. The molecule has 1 N–H and O–H groups in total. The molecule has 2 aliphatic rings. The quantitative estimate of drug-likeness (QED) is 0.652. The zero-order valence-corrected chi connectivity index (χ0v) is 13.5. The number of nitro benzene ring substituents is 1. The molecule has 1 aromatic carbocycles. The Balaban J connectivity index is 1.87. The second kappa shape index (κ2) is 6.42. The van der Waals surface area contributed by atoms with Crippen LogP contribution in [0.5, 0.6) is 0 Å². The van der Waals surface area contributed by atoms with E-state index in [1.54, 1.807) is 6.07 Å².